The van der Waals surface area contributed by atoms with Crippen LogP contribution >= 0.6 is 23.2 Å². The molecule has 10 heteroatoms. The molecule has 1 amide bonds. The van der Waals surface area contributed by atoms with Crippen molar-refractivity contribution in [1.82, 2.24) is 0 Å². The number of rotatable bonds is 9. The number of benzene rings is 2. The van der Waals surface area contributed by atoms with Gasteiger partial charge in [0.2, 0.25) is 0 Å². The van der Waals surface area contributed by atoms with E-state index in [9.17, 15) is 19.7 Å². The number of nitrogens with one attached hydrogen (secondary N) is 1. The minimum atomic E-state index is -0.659. The highest BCUT2D eigenvalue weighted by Gasteiger charge is 2.13. The molecule has 2 rings (SSSR count). The number of hydrogen-bond acceptors (Lipinski definition) is 6. The number of anilines is 1. The second kappa shape index (κ2) is 10.6. The zero-order valence-electron chi connectivity index (χ0n) is 15.4. The van der Waals surface area contributed by atoms with Crippen molar-refractivity contribution in [3.05, 3.63) is 62.1 Å². The topological polar surface area (TPSA) is 108 Å². The number of esters is 1. The second-order valence-electron chi connectivity index (χ2n) is 5.99. The molecular formula is C19H18Cl2N2O6. The van der Waals surface area contributed by atoms with Crippen molar-refractivity contribution in [2.24, 2.45) is 0 Å². The fourth-order valence-corrected chi connectivity index (χ4v) is 2.52. The zero-order valence-corrected chi connectivity index (χ0v) is 17.0. The largest absolute Gasteiger partial charge is 0.494 e. The Morgan fingerprint density at radius 3 is 2.55 bits per heavy atom. The van der Waals surface area contributed by atoms with E-state index in [1.165, 1.54) is 12.1 Å². The number of nitro benzene ring substituents is 1. The monoisotopic (exact) mass is 440 g/mol. The van der Waals surface area contributed by atoms with Crippen LogP contribution in [0.4, 0.5) is 11.4 Å². The molecule has 0 radical (unpaired) electrons. The molecule has 2 aromatic carbocycles. The Bertz CT molecular complexity index is 920. The van der Waals surface area contributed by atoms with Gasteiger partial charge in [-0.25, -0.2) is 0 Å². The number of nitro groups is 1. The van der Waals surface area contributed by atoms with Gasteiger partial charge in [-0.1, -0.05) is 23.2 Å². The van der Waals surface area contributed by atoms with Crippen molar-refractivity contribution in [3.63, 3.8) is 0 Å². The molecule has 1 N–H and O–H groups in total. The van der Waals surface area contributed by atoms with E-state index in [0.717, 1.165) is 11.6 Å². The Hall–Kier alpha value is -2.84. The lowest BCUT2D eigenvalue weighted by atomic mass is 10.2. The summed E-state index contributed by atoms with van der Waals surface area (Å²) in [6, 6.07) is 8.89. The average molecular weight is 441 g/mol. The first-order valence-corrected chi connectivity index (χ1v) is 9.30. The first-order chi connectivity index (χ1) is 13.8. The number of non-ortho nitro benzene ring substituents is 1. The van der Waals surface area contributed by atoms with Gasteiger partial charge in [-0.05, 0) is 43.2 Å². The second-order valence-corrected chi connectivity index (χ2v) is 6.81. The molecule has 29 heavy (non-hydrogen) atoms. The fraction of sp³-hybridized carbons (Fsp3) is 0.263. The van der Waals surface area contributed by atoms with Gasteiger partial charge in [-0.15, -0.1) is 0 Å². The summed E-state index contributed by atoms with van der Waals surface area (Å²) < 4.78 is 10.4. The summed E-state index contributed by atoms with van der Waals surface area (Å²) in [7, 11) is 0. The highest BCUT2D eigenvalue weighted by atomic mass is 35.5. The standard InChI is InChI=1S/C19H18Cl2N2O6/c1-12-9-14(5-7-15(12)20)28-8-2-3-19(25)29-11-18(24)22-17-10-13(23(26)27)4-6-16(17)21/h4-7,9-10H,2-3,8,11H2,1H3,(H,22,24). The number of carbonyl (C=O) groups excluding carboxylic acids is 2. The van der Waals surface area contributed by atoms with Crippen LogP contribution in [0.1, 0.15) is 18.4 Å². The first kappa shape index (κ1) is 22.4. The van der Waals surface area contributed by atoms with Crippen molar-refractivity contribution in [1.29, 1.82) is 0 Å². The molecular weight excluding hydrogens is 423 g/mol. The Labute approximate surface area is 176 Å². The summed E-state index contributed by atoms with van der Waals surface area (Å²) in [5.74, 6) is -0.580. The number of hydrogen-bond donors (Lipinski definition) is 1. The molecule has 2 aromatic rings. The molecule has 0 bridgehead atoms. The Morgan fingerprint density at radius 2 is 1.86 bits per heavy atom. The van der Waals surface area contributed by atoms with E-state index < -0.39 is 23.4 Å². The maximum absolute atomic E-state index is 11.9. The molecule has 0 aliphatic carbocycles. The first-order valence-electron chi connectivity index (χ1n) is 8.54. The molecule has 0 saturated heterocycles. The van der Waals surface area contributed by atoms with Crippen LogP contribution in [0.5, 0.6) is 5.75 Å². The van der Waals surface area contributed by atoms with Crippen LogP contribution in [0.15, 0.2) is 36.4 Å². The van der Waals surface area contributed by atoms with Crippen molar-refractivity contribution in [2.45, 2.75) is 19.8 Å². The molecule has 154 valence electrons. The summed E-state index contributed by atoms with van der Waals surface area (Å²) >= 11 is 11.8. The Morgan fingerprint density at radius 1 is 1.14 bits per heavy atom. The summed E-state index contributed by atoms with van der Waals surface area (Å²) in [4.78, 5) is 33.8. The SMILES string of the molecule is Cc1cc(OCCCC(=O)OCC(=O)Nc2cc([N+](=O)[O-])ccc2Cl)ccc1Cl. The van der Waals surface area contributed by atoms with Crippen LogP contribution in [0.25, 0.3) is 0 Å². The van der Waals surface area contributed by atoms with Gasteiger partial charge in [-0.3, -0.25) is 19.7 Å². The maximum atomic E-state index is 11.9. The molecule has 0 heterocycles. The average Bonchev–Trinajstić information content (AvgIpc) is 2.68. The van der Waals surface area contributed by atoms with E-state index in [1.807, 2.05) is 6.92 Å². The molecule has 0 unspecified atom stereocenters. The smallest absolute Gasteiger partial charge is 0.306 e. The number of ether oxygens (including phenoxy) is 2. The number of aryl methyl sites for hydroxylation is 1. The van der Waals surface area contributed by atoms with Crippen molar-refractivity contribution >= 4 is 46.5 Å². The van der Waals surface area contributed by atoms with Crippen LogP contribution in [-0.4, -0.2) is 30.0 Å². The third-order valence-electron chi connectivity index (χ3n) is 3.72. The van der Waals surface area contributed by atoms with Gasteiger partial charge < -0.3 is 14.8 Å². The van der Waals surface area contributed by atoms with E-state index in [0.29, 0.717) is 23.8 Å². The molecule has 8 nitrogen and oxygen atoms in total. The minimum Gasteiger partial charge on any atom is -0.494 e. The normalized spacial score (nSPS) is 10.3. The van der Waals surface area contributed by atoms with E-state index >= 15 is 0 Å². The Balaban J connectivity index is 1.70. The van der Waals surface area contributed by atoms with Crippen LogP contribution in [-0.2, 0) is 14.3 Å². The third kappa shape index (κ3) is 7.24. The van der Waals surface area contributed by atoms with Gasteiger partial charge in [0.1, 0.15) is 5.75 Å². The van der Waals surface area contributed by atoms with Gasteiger partial charge in [0.25, 0.3) is 11.6 Å². The van der Waals surface area contributed by atoms with E-state index in [-0.39, 0.29) is 22.8 Å². The van der Waals surface area contributed by atoms with Crippen molar-refractivity contribution in [2.75, 3.05) is 18.5 Å². The molecule has 0 aromatic heterocycles. The molecule has 0 atom stereocenters. The third-order valence-corrected chi connectivity index (χ3v) is 4.48. The van der Waals surface area contributed by atoms with Gasteiger partial charge >= 0.3 is 5.97 Å². The summed E-state index contributed by atoms with van der Waals surface area (Å²) in [5.41, 5.74) is 0.726. The predicted octanol–water partition coefficient (Wildman–Crippen LogP) is 4.55. The highest BCUT2D eigenvalue weighted by Crippen LogP contribution is 2.26. The lowest BCUT2D eigenvalue weighted by Crippen LogP contribution is -2.21. The number of carbonyl (C=O) groups is 2. The molecule has 0 aliphatic rings. The fourth-order valence-electron chi connectivity index (χ4n) is 2.24. The molecule has 0 spiro atoms. The molecule has 0 fully saturated rings. The van der Waals surface area contributed by atoms with E-state index in [4.69, 9.17) is 32.7 Å². The van der Waals surface area contributed by atoms with Crippen LogP contribution in [0, 0.1) is 17.0 Å². The molecule has 0 saturated carbocycles. The van der Waals surface area contributed by atoms with Crippen LogP contribution in [0.3, 0.4) is 0 Å². The summed E-state index contributed by atoms with van der Waals surface area (Å²) in [5, 5.41) is 13.9. The molecule has 0 aliphatic heterocycles. The zero-order chi connectivity index (χ0) is 21.4. The van der Waals surface area contributed by atoms with E-state index in [1.54, 1.807) is 18.2 Å². The van der Waals surface area contributed by atoms with Crippen molar-refractivity contribution in [3.8, 4) is 5.75 Å². The summed E-state index contributed by atoms with van der Waals surface area (Å²) in [6.07, 6.45) is 0.469. The number of amides is 1. The number of halogens is 2. The van der Waals surface area contributed by atoms with Gasteiger partial charge in [0.05, 0.1) is 22.2 Å². The maximum Gasteiger partial charge on any atom is 0.306 e. The van der Waals surface area contributed by atoms with Crippen LogP contribution in [0.2, 0.25) is 10.0 Å². The van der Waals surface area contributed by atoms with Gasteiger partial charge in [-0.2, -0.15) is 0 Å². The van der Waals surface area contributed by atoms with Gasteiger partial charge in [0.15, 0.2) is 6.61 Å². The van der Waals surface area contributed by atoms with Crippen molar-refractivity contribution < 1.29 is 24.0 Å². The lowest BCUT2D eigenvalue weighted by Gasteiger charge is -2.09. The quantitative estimate of drug-likeness (QED) is 0.265. The van der Waals surface area contributed by atoms with Crippen LogP contribution < -0.4 is 10.1 Å². The van der Waals surface area contributed by atoms with E-state index in [2.05, 4.69) is 5.32 Å². The number of nitrogens with zero attached hydrogens (tertiary/aromatic N) is 1. The lowest BCUT2D eigenvalue weighted by molar-refractivity contribution is -0.384. The Kier molecular flexibility index (Phi) is 8.23. The van der Waals surface area contributed by atoms with Gasteiger partial charge in [0, 0.05) is 23.6 Å². The summed E-state index contributed by atoms with van der Waals surface area (Å²) in [6.45, 7) is 1.62. The predicted molar refractivity (Wildman–Crippen MR) is 109 cm³/mol. The highest BCUT2D eigenvalue weighted by molar-refractivity contribution is 6.33. The minimum absolute atomic E-state index is 0.0635.